The molecular formula is C20H27N3OS. The van der Waals surface area contributed by atoms with E-state index >= 15 is 0 Å². The zero-order valence-corrected chi connectivity index (χ0v) is 15.6. The number of hydrogen-bond donors (Lipinski definition) is 2. The van der Waals surface area contributed by atoms with Gasteiger partial charge in [0.1, 0.15) is 5.75 Å². The summed E-state index contributed by atoms with van der Waals surface area (Å²) in [6.45, 7) is 2.63. The molecule has 1 aromatic rings. The van der Waals surface area contributed by atoms with E-state index in [2.05, 4.69) is 15.8 Å². The lowest BCUT2D eigenvalue weighted by Gasteiger charge is -2.57. The van der Waals surface area contributed by atoms with Crippen molar-refractivity contribution in [3.63, 3.8) is 0 Å². The van der Waals surface area contributed by atoms with E-state index < -0.39 is 0 Å². The Morgan fingerprint density at radius 1 is 1.20 bits per heavy atom. The van der Waals surface area contributed by atoms with E-state index in [0.29, 0.717) is 11.7 Å². The van der Waals surface area contributed by atoms with Gasteiger partial charge in [0.25, 0.3) is 0 Å². The van der Waals surface area contributed by atoms with Crippen LogP contribution < -0.4 is 15.5 Å². The first kappa shape index (κ1) is 16.8. The van der Waals surface area contributed by atoms with Crippen LogP contribution in [0.4, 0.5) is 0 Å². The maximum atomic E-state index is 5.62. The van der Waals surface area contributed by atoms with Crippen LogP contribution in [-0.4, -0.2) is 23.5 Å². The van der Waals surface area contributed by atoms with Crippen molar-refractivity contribution < 1.29 is 4.74 Å². The molecule has 4 fully saturated rings. The number of hydrogen-bond acceptors (Lipinski definition) is 3. The summed E-state index contributed by atoms with van der Waals surface area (Å²) in [5, 5.41) is 8.60. The van der Waals surface area contributed by atoms with Crippen LogP contribution in [0.3, 0.4) is 0 Å². The molecule has 0 unspecified atom stereocenters. The molecule has 0 spiro atoms. The van der Waals surface area contributed by atoms with Crippen LogP contribution in [0.15, 0.2) is 29.4 Å². The third-order valence-electron chi connectivity index (χ3n) is 6.01. The van der Waals surface area contributed by atoms with Crippen molar-refractivity contribution in [2.24, 2.45) is 22.9 Å². The van der Waals surface area contributed by atoms with E-state index in [4.69, 9.17) is 17.0 Å². The quantitative estimate of drug-likeness (QED) is 0.477. The minimum Gasteiger partial charge on any atom is -0.493 e. The molecule has 0 radical (unpaired) electrons. The zero-order valence-electron chi connectivity index (χ0n) is 14.8. The number of ether oxygens (including phenoxy) is 1. The lowest BCUT2D eigenvalue weighted by Crippen LogP contribution is -2.61. The molecule has 25 heavy (non-hydrogen) atoms. The molecule has 0 amide bonds. The van der Waals surface area contributed by atoms with Crippen molar-refractivity contribution in [3.05, 3.63) is 29.8 Å². The van der Waals surface area contributed by atoms with Crippen molar-refractivity contribution in [1.29, 1.82) is 0 Å². The average Bonchev–Trinajstić information content (AvgIpc) is 2.55. The first-order valence-electron chi connectivity index (χ1n) is 9.49. The molecule has 4 saturated carbocycles. The smallest absolute Gasteiger partial charge is 0.187 e. The highest BCUT2D eigenvalue weighted by molar-refractivity contribution is 7.80. The second-order valence-corrected chi connectivity index (χ2v) is 8.40. The summed E-state index contributed by atoms with van der Waals surface area (Å²) >= 11 is 5.52. The Kier molecular flexibility index (Phi) is 4.67. The van der Waals surface area contributed by atoms with E-state index in [9.17, 15) is 0 Å². The van der Waals surface area contributed by atoms with Gasteiger partial charge in [0.2, 0.25) is 0 Å². The number of nitrogens with zero attached hydrogens (tertiary/aromatic N) is 1. The summed E-state index contributed by atoms with van der Waals surface area (Å²) in [4.78, 5) is 0. The molecule has 5 rings (SSSR count). The van der Waals surface area contributed by atoms with Gasteiger partial charge in [-0.25, -0.2) is 0 Å². The number of nitrogens with one attached hydrogen (secondary N) is 2. The highest BCUT2D eigenvalue weighted by Gasteiger charge is 2.51. The average molecular weight is 358 g/mol. The van der Waals surface area contributed by atoms with Gasteiger partial charge in [-0.15, -0.1) is 0 Å². The molecule has 0 aromatic heterocycles. The Balaban J connectivity index is 1.35. The van der Waals surface area contributed by atoms with Gasteiger partial charge >= 0.3 is 0 Å². The summed E-state index contributed by atoms with van der Waals surface area (Å²) in [5.74, 6) is 3.56. The molecule has 0 aliphatic heterocycles. The van der Waals surface area contributed by atoms with Crippen molar-refractivity contribution >= 4 is 23.5 Å². The second kappa shape index (κ2) is 6.94. The largest absolute Gasteiger partial charge is 0.493 e. The van der Waals surface area contributed by atoms with Gasteiger partial charge in [-0.05, 0) is 87.6 Å². The molecule has 4 aliphatic carbocycles. The lowest BCUT2D eigenvalue weighted by atomic mass is 9.53. The van der Waals surface area contributed by atoms with Crippen molar-refractivity contribution in [2.75, 3.05) is 6.61 Å². The third-order valence-corrected chi connectivity index (χ3v) is 6.20. The Morgan fingerprint density at radius 3 is 2.48 bits per heavy atom. The standard InChI is InChI=1S/C20H27N3OS/c1-2-24-18-6-4-3-5-17(18)13-21-23-19(25)22-20-10-14-7-15(11-20)9-16(8-14)12-20/h3-6,13-16H,2,7-12H2,1H3,(H2,22,23,25). The predicted octanol–water partition coefficient (Wildman–Crippen LogP) is 3.85. The lowest BCUT2D eigenvalue weighted by molar-refractivity contribution is -0.0101. The molecule has 4 bridgehead atoms. The summed E-state index contributed by atoms with van der Waals surface area (Å²) in [6, 6.07) is 7.90. The van der Waals surface area contributed by atoms with E-state index in [0.717, 1.165) is 29.1 Å². The summed E-state index contributed by atoms with van der Waals surface area (Å²) in [6.07, 6.45) is 9.92. The van der Waals surface area contributed by atoms with Crippen LogP contribution in [0, 0.1) is 17.8 Å². The molecule has 0 heterocycles. The summed E-state index contributed by atoms with van der Waals surface area (Å²) in [5.41, 5.74) is 4.18. The number of para-hydroxylation sites is 1. The molecule has 4 nitrogen and oxygen atoms in total. The summed E-state index contributed by atoms with van der Waals surface area (Å²) < 4.78 is 5.62. The highest BCUT2D eigenvalue weighted by Crippen LogP contribution is 2.55. The van der Waals surface area contributed by atoms with Gasteiger partial charge in [-0.2, -0.15) is 5.10 Å². The Bertz CT molecular complexity index is 637. The van der Waals surface area contributed by atoms with Crippen molar-refractivity contribution in [1.82, 2.24) is 10.7 Å². The molecule has 1 aromatic carbocycles. The fraction of sp³-hybridized carbons (Fsp3) is 0.600. The number of thiocarbonyl (C=S) groups is 1. The monoisotopic (exact) mass is 357 g/mol. The van der Waals surface area contributed by atoms with Crippen LogP contribution in [0.25, 0.3) is 0 Å². The van der Waals surface area contributed by atoms with Gasteiger partial charge < -0.3 is 10.1 Å². The van der Waals surface area contributed by atoms with Crippen molar-refractivity contribution in [3.8, 4) is 5.75 Å². The number of rotatable bonds is 5. The minimum atomic E-state index is 0.220. The van der Waals surface area contributed by atoms with Crippen molar-refractivity contribution in [2.45, 2.75) is 51.0 Å². The van der Waals surface area contributed by atoms with Gasteiger partial charge in [-0.1, -0.05) is 12.1 Å². The zero-order chi connectivity index (χ0) is 17.3. The first-order valence-corrected chi connectivity index (χ1v) is 9.90. The second-order valence-electron chi connectivity index (χ2n) is 7.99. The molecular weight excluding hydrogens is 330 g/mol. The minimum absolute atomic E-state index is 0.220. The SMILES string of the molecule is CCOc1ccccc1C=NNC(=S)NC12CC3CC(CC(C3)C1)C2. The topological polar surface area (TPSA) is 45.6 Å². The molecule has 134 valence electrons. The maximum absolute atomic E-state index is 5.62. The maximum Gasteiger partial charge on any atom is 0.187 e. The Labute approximate surface area is 155 Å². The van der Waals surface area contributed by atoms with E-state index in [1.807, 2.05) is 31.2 Å². The van der Waals surface area contributed by atoms with Crippen LogP contribution in [-0.2, 0) is 0 Å². The predicted molar refractivity (Wildman–Crippen MR) is 105 cm³/mol. The first-order chi connectivity index (χ1) is 12.2. The van der Waals surface area contributed by atoms with Crippen LogP contribution in [0.5, 0.6) is 5.75 Å². The van der Waals surface area contributed by atoms with Gasteiger partial charge in [0.05, 0.1) is 12.8 Å². The van der Waals surface area contributed by atoms with E-state index in [1.165, 1.54) is 38.5 Å². The van der Waals surface area contributed by atoms with Gasteiger partial charge in [0.15, 0.2) is 5.11 Å². The molecule has 0 atom stereocenters. The molecule has 2 N–H and O–H groups in total. The molecule has 5 heteroatoms. The molecule has 4 aliphatic rings. The number of benzene rings is 1. The fourth-order valence-electron chi connectivity index (χ4n) is 5.57. The highest BCUT2D eigenvalue weighted by atomic mass is 32.1. The van der Waals surface area contributed by atoms with Crippen LogP contribution >= 0.6 is 12.2 Å². The van der Waals surface area contributed by atoms with Crippen LogP contribution in [0.1, 0.15) is 51.0 Å². The number of hydrazone groups is 1. The normalized spacial score (nSPS) is 32.8. The van der Waals surface area contributed by atoms with Gasteiger partial charge in [-0.3, -0.25) is 5.43 Å². The fourth-order valence-corrected chi connectivity index (χ4v) is 5.84. The van der Waals surface area contributed by atoms with E-state index in [-0.39, 0.29) is 5.54 Å². The Hall–Kier alpha value is -1.62. The Morgan fingerprint density at radius 2 is 1.84 bits per heavy atom. The van der Waals surface area contributed by atoms with Crippen LogP contribution in [0.2, 0.25) is 0 Å². The van der Waals surface area contributed by atoms with Gasteiger partial charge in [0, 0.05) is 11.1 Å². The molecule has 0 saturated heterocycles. The summed E-state index contributed by atoms with van der Waals surface area (Å²) in [7, 11) is 0. The van der Waals surface area contributed by atoms with E-state index in [1.54, 1.807) is 6.21 Å². The third kappa shape index (κ3) is 3.66.